The van der Waals surface area contributed by atoms with Crippen LogP contribution in [-0.4, -0.2) is 17.3 Å². The average molecular weight is 324 g/mol. The fraction of sp³-hybridized carbons (Fsp3) is 0.200. The zero-order valence-electron chi connectivity index (χ0n) is 8.76. The first kappa shape index (κ1) is 13.9. The van der Waals surface area contributed by atoms with Crippen molar-refractivity contribution in [2.75, 3.05) is 5.32 Å². The van der Waals surface area contributed by atoms with E-state index >= 15 is 0 Å². The minimum Gasteiger partial charge on any atom is -0.307 e. The maximum atomic E-state index is 12.8. The Morgan fingerprint density at radius 1 is 1.47 bits per heavy atom. The standard InChI is InChI=1S/C10H9BrClFN2O2/c1-5(12)9(16)15-10(17)14-8-3-2-6(13)4-7(8)11/h2-5H,1H3,(H2,14,15,16,17). The van der Waals surface area contributed by atoms with Crippen LogP contribution in [0.3, 0.4) is 0 Å². The Morgan fingerprint density at radius 2 is 2.12 bits per heavy atom. The van der Waals surface area contributed by atoms with Gasteiger partial charge in [-0.05, 0) is 41.1 Å². The van der Waals surface area contributed by atoms with Crippen molar-refractivity contribution in [2.45, 2.75) is 12.3 Å². The van der Waals surface area contributed by atoms with E-state index in [1.54, 1.807) is 0 Å². The first-order valence-electron chi connectivity index (χ1n) is 4.61. The number of imide groups is 1. The predicted octanol–water partition coefficient (Wildman–Crippen LogP) is 2.86. The summed E-state index contributed by atoms with van der Waals surface area (Å²) in [4.78, 5) is 22.5. The summed E-state index contributed by atoms with van der Waals surface area (Å²) in [5.74, 6) is -1.05. The molecule has 0 saturated heterocycles. The summed E-state index contributed by atoms with van der Waals surface area (Å²) in [5.41, 5.74) is 0.346. The molecule has 1 aromatic carbocycles. The molecule has 0 aliphatic heterocycles. The van der Waals surface area contributed by atoms with Crippen LogP contribution >= 0.6 is 27.5 Å². The van der Waals surface area contributed by atoms with Crippen LogP contribution in [0.1, 0.15) is 6.92 Å². The van der Waals surface area contributed by atoms with Crippen LogP contribution in [-0.2, 0) is 4.79 Å². The number of nitrogens with one attached hydrogen (secondary N) is 2. The number of hydrogen-bond donors (Lipinski definition) is 2. The Kier molecular flexibility index (Phi) is 4.89. The first-order valence-corrected chi connectivity index (χ1v) is 5.84. The van der Waals surface area contributed by atoms with Crippen molar-refractivity contribution in [3.63, 3.8) is 0 Å². The molecule has 0 radical (unpaired) electrons. The number of alkyl halides is 1. The lowest BCUT2D eigenvalue weighted by atomic mass is 10.3. The van der Waals surface area contributed by atoms with Crippen molar-refractivity contribution >= 4 is 45.2 Å². The second kappa shape index (κ2) is 5.97. The second-order valence-corrected chi connectivity index (χ2v) is 4.69. The number of amides is 3. The molecule has 0 saturated carbocycles. The molecule has 0 aromatic heterocycles. The lowest BCUT2D eigenvalue weighted by Gasteiger charge is -2.09. The quantitative estimate of drug-likeness (QED) is 0.822. The van der Waals surface area contributed by atoms with Gasteiger partial charge < -0.3 is 5.32 Å². The topological polar surface area (TPSA) is 58.2 Å². The van der Waals surface area contributed by atoms with Crippen molar-refractivity contribution in [1.82, 2.24) is 5.32 Å². The maximum absolute atomic E-state index is 12.8. The largest absolute Gasteiger partial charge is 0.325 e. The normalized spacial score (nSPS) is 11.8. The average Bonchev–Trinajstić information content (AvgIpc) is 2.22. The van der Waals surface area contributed by atoms with E-state index in [1.807, 2.05) is 5.32 Å². The van der Waals surface area contributed by atoms with Crippen molar-refractivity contribution in [3.05, 3.63) is 28.5 Å². The highest BCUT2D eigenvalue weighted by Crippen LogP contribution is 2.22. The predicted molar refractivity (Wildman–Crippen MR) is 66.6 cm³/mol. The van der Waals surface area contributed by atoms with E-state index in [-0.39, 0.29) is 0 Å². The van der Waals surface area contributed by atoms with Crippen LogP contribution < -0.4 is 10.6 Å². The number of halogens is 3. The highest BCUT2D eigenvalue weighted by Gasteiger charge is 2.13. The number of carbonyl (C=O) groups is 2. The summed E-state index contributed by atoms with van der Waals surface area (Å²) >= 11 is 8.55. The van der Waals surface area contributed by atoms with E-state index in [1.165, 1.54) is 25.1 Å². The van der Waals surface area contributed by atoms with Gasteiger partial charge in [0.1, 0.15) is 11.2 Å². The minimum absolute atomic E-state index is 0.346. The third kappa shape index (κ3) is 4.32. The summed E-state index contributed by atoms with van der Waals surface area (Å²) in [6.07, 6.45) is 0. The molecule has 7 heteroatoms. The summed E-state index contributed by atoms with van der Waals surface area (Å²) < 4.78 is 13.1. The Labute approximate surface area is 111 Å². The summed E-state index contributed by atoms with van der Waals surface area (Å²) in [6, 6.07) is 3.02. The van der Waals surface area contributed by atoms with E-state index in [2.05, 4.69) is 21.2 Å². The number of benzene rings is 1. The van der Waals surface area contributed by atoms with Crippen LogP contribution in [0.15, 0.2) is 22.7 Å². The molecule has 0 aliphatic carbocycles. The van der Waals surface area contributed by atoms with Gasteiger partial charge in [0, 0.05) is 4.47 Å². The number of carbonyl (C=O) groups excluding carboxylic acids is 2. The van der Waals surface area contributed by atoms with Gasteiger partial charge in [-0.1, -0.05) is 0 Å². The van der Waals surface area contributed by atoms with Gasteiger partial charge in [-0.25, -0.2) is 9.18 Å². The molecule has 2 N–H and O–H groups in total. The molecule has 1 atom stereocenters. The van der Waals surface area contributed by atoms with E-state index in [0.717, 1.165) is 0 Å². The molecule has 0 fully saturated rings. The molecule has 1 unspecified atom stereocenters. The van der Waals surface area contributed by atoms with E-state index in [9.17, 15) is 14.0 Å². The molecule has 0 aliphatic rings. The van der Waals surface area contributed by atoms with Gasteiger partial charge in [0.05, 0.1) is 5.69 Å². The lowest BCUT2D eigenvalue weighted by molar-refractivity contribution is -0.119. The lowest BCUT2D eigenvalue weighted by Crippen LogP contribution is -2.38. The Balaban J connectivity index is 2.65. The van der Waals surface area contributed by atoms with E-state index in [0.29, 0.717) is 10.2 Å². The van der Waals surface area contributed by atoms with Gasteiger partial charge in [-0.3, -0.25) is 10.1 Å². The summed E-state index contributed by atoms with van der Waals surface area (Å²) in [6.45, 7) is 1.44. The number of rotatable bonds is 2. The molecular formula is C10H9BrClFN2O2. The van der Waals surface area contributed by atoms with Crippen LogP contribution in [0.2, 0.25) is 0 Å². The second-order valence-electron chi connectivity index (χ2n) is 3.18. The van der Waals surface area contributed by atoms with E-state index < -0.39 is 23.1 Å². The number of hydrogen-bond acceptors (Lipinski definition) is 2. The van der Waals surface area contributed by atoms with E-state index in [4.69, 9.17) is 11.6 Å². The fourth-order valence-electron chi connectivity index (χ4n) is 0.956. The van der Waals surface area contributed by atoms with Gasteiger partial charge in [0.15, 0.2) is 0 Å². The van der Waals surface area contributed by atoms with Gasteiger partial charge in [-0.15, -0.1) is 11.6 Å². The summed E-state index contributed by atoms with van der Waals surface area (Å²) in [7, 11) is 0. The van der Waals surface area contributed by atoms with Crippen LogP contribution in [0.5, 0.6) is 0 Å². The zero-order chi connectivity index (χ0) is 13.0. The summed E-state index contributed by atoms with van der Waals surface area (Å²) in [5, 5.41) is 3.61. The third-order valence-corrected chi connectivity index (χ3v) is 2.63. The molecular weight excluding hydrogens is 314 g/mol. The van der Waals surface area contributed by atoms with Crippen LogP contribution in [0, 0.1) is 5.82 Å². The highest BCUT2D eigenvalue weighted by molar-refractivity contribution is 9.10. The fourth-order valence-corrected chi connectivity index (χ4v) is 1.46. The Hall–Kier alpha value is -1.14. The minimum atomic E-state index is -0.808. The maximum Gasteiger partial charge on any atom is 0.325 e. The smallest absolute Gasteiger partial charge is 0.307 e. The van der Waals surface area contributed by atoms with Crippen LogP contribution in [0.25, 0.3) is 0 Å². The molecule has 4 nitrogen and oxygen atoms in total. The SMILES string of the molecule is CC(Cl)C(=O)NC(=O)Nc1ccc(F)cc1Br. The third-order valence-electron chi connectivity index (χ3n) is 1.78. The van der Waals surface area contributed by atoms with Gasteiger partial charge >= 0.3 is 6.03 Å². The monoisotopic (exact) mass is 322 g/mol. The molecule has 92 valence electrons. The Morgan fingerprint density at radius 3 is 2.65 bits per heavy atom. The zero-order valence-corrected chi connectivity index (χ0v) is 11.1. The number of urea groups is 1. The molecule has 3 amide bonds. The molecule has 0 heterocycles. The van der Waals surface area contributed by atoms with Crippen molar-refractivity contribution in [3.8, 4) is 0 Å². The molecule has 0 spiro atoms. The molecule has 0 bridgehead atoms. The van der Waals surface area contributed by atoms with Crippen LogP contribution in [0.4, 0.5) is 14.9 Å². The molecule has 17 heavy (non-hydrogen) atoms. The number of anilines is 1. The molecule has 1 aromatic rings. The van der Waals surface area contributed by atoms with Gasteiger partial charge in [0.25, 0.3) is 0 Å². The highest BCUT2D eigenvalue weighted by atomic mass is 79.9. The van der Waals surface area contributed by atoms with Crippen molar-refractivity contribution < 1.29 is 14.0 Å². The van der Waals surface area contributed by atoms with Crippen molar-refractivity contribution in [2.24, 2.45) is 0 Å². The van der Waals surface area contributed by atoms with Gasteiger partial charge in [-0.2, -0.15) is 0 Å². The Bertz CT molecular complexity index is 454. The molecule has 1 rings (SSSR count). The van der Waals surface area contributed by atoms with Crippen molar-refractivity contribution in [1.29, 1.82) is 0 Å². The first-order chi connectivity index (χ1) is 7.90. The van der Waals surface area contributed by atoms with Gasteiger partial charge in [0.2, 0.25) is 5.91 Å².